The van der Waals surface area contributed by atoms with Crippen LogP contribution >= 0.6 is 0 Å². The van der Waals surface area contributed by atoms with E-state index in [1.165, 1.54) is 6.33 Å². The van der Waals surface area contributed by atoms with Gasteiger partial charge in [-0.1, -0.05) is 20.8 Å². The molecule has 1 rings (SSSR count). The maximum atomic E-state index is 10.9. The Labute approximate surface area is 99.8 Å². The average Bonchev–Trinajstić information content (AvgIpc) is 2.13. The highest BCUT2D eigenvalue weighted by Gasteiger charge is 2.25. The van der Waals surface area contributed by atoms with Gasteiger partial charge in [0, 0.05) is 13.6 Å². The topological polar surface area (TPSA) is 98.2 Å². The first-order chi connectivity index (χ1) is 7.72. The zero-order chi connectivity index (χ0) is 13.2. The number of nitro groups is 1. The van der Waals surface area contributed by atoms with E-state index in [1.54, 1.807) is 11.9 Å². The highest BCUT2D eigenvalue weighted by molar-refractivity contribution is 5.68. The van der Waals surface area contributed by atoms with Crippen LogP contribution in [0.4, 0.5) is 17.3 Å². The van der Waals surface area contributed by atoms with Crippen LogP contribution in [0, 0.1) is 15.5 Å². The van der Waals surface area contributed by atoms with Gasteiger partial charge in [0.05, 0.1) is 4.92 Å². The second-order valence-corrected chi connectivity index (χ2v) is 5.10. The van der Waals surface area contributed by atoms with Crippen LogP contribution in [0.2, 0.25) is 0 Å². The maximum absolute atomic E-state index is 10.9. The summed E-state index contributed by atoms with van der Waals surface area (Å²) in [6.45, 7) is 6.75. The molecule has 0 unspecified atom stereocenters. The molecule has 0 amide bonds. The fourth-order valence-corrected chi connectivity index (χ4v) is 1.62. The van der Waals surface area contributed by atoms with E-state index in [0.717, 1.165) is 0 Å². The van der Waals surface area contributed by atoms with Gasteiger partial charge in [0.15, 0.2) is 0 Å². The summed E-state index contributed by atoms with van der Waals surface area (Å²) < 4.78 is 0. The normalized spacial score (nSPS) is 11.3. The molecule has 0 atom stereocenters. The lowest BCUT2D eigenvalue weighted by atomic mass is 9.96. The molecule has 0 spiro atoms. The molecule has 0 saturated carbocycles. The number of aromatic nitrogens is 2. The van der Waals surface area contributed by atoms with Crippen molar-refractivity contribution < 1.29 is 4.92 Å². The van der Waals surface area contributed by atoms with Crippen LogP contribution in [0.15, 0.2) is 6.33 Å². The van der Waals surface area contributed by atoms with Crippen molar-refractivity contribution in [3.8, 4) is 0 Å². The molecule has 7 nitrogen and oxygen atoms in total. The van der Waals surface area contributed by atoms with E-state index in [4.69, 9.17) is 5.73 Å². The highest BCUT2D eigenvalue weighted by atomic mass is 16.6. The molecule has 0 aliphatic carbocycles. The fraction of sp³-hybridized carbons (Fsp3) is 0.600. The lowest BCUT2D eigenvalue weighted by molar-refractivity contribution is -0.383. The quantitative estimate of drug-likeness (QED) is 0.633. The van der Waals surface area contributed by atoms with Crippen molar-refractivity contribution in [3.63, 3.8) is 0 Å². The van der Waals surface area contributed by atoms with Gasteiger partial charge in [0.1, 0.15) is 6.33 Å². The van der Waals surface area contributed by atoms with Gasteiger partial charge >= 0.3 is 5.69 Å². The van der Waals surface area contributed by atoms with Crippen LogP contribution in [-0.2, 0) is 0 Å². The number of hydrogen-bond donors (Lipinski definition) is 1. The lowest BCUT2D eigenvalue weighted by Gasteiger charge is -2.26. The molecule has 1 aromatic rings. The molecule has 0 saturated heterocycles. The zero-order valence-corrected chi connectivity index (χ0v) is 10.5. The van der Waals surface area contributed by atoms with E-state index in [1.807, 2.05) is 20.8 Å². The largest absolute Gasteiger partial charge is 0.378 e. The summed E-state index contributed by atoms with van der Waals surface area (Å²) in [5.74, 6) is 0.137. The van der Waals surface area contributed by atoms with Gasteiger partial charge < -0.3 is 10.6 Å². The molecule has 1 heterocycles. The summed E-state index contributed by atoms with van der Waals surface area (Å²) in [5, 5.41) is 10.9. The third kappa shape index (κ3) is 3.27. The predicted molar refractivity (Wildman–Crippen MR) is 65.8 cm³/mol. The number of hydrogen-bond acceptors (Lipinski definition) is 6. The van der Waals surface area contributed by atoms with Crippen molar-refractivity contribution in [3.05, 3.63) is 16.4 Å². The fourth-order valence-electron chi connectivity index (χ4n) is 1.62. The zero-order valence-electron chi connectivity index (χ0n) is 10.5. The van der Waals surface area contributed by atoms with Crippen molar-refractivity contribution in [2.45, 2.75) is 20.8 Å². The predicted octanol–water partition coefficient (Wildman–Crippen LogP) is 1.45. The van der Waals surface area contributed by atoms with Crippen LogP contribution < -0.4 is 10.6 Å². The Morgan fingerprint density at radius 1 is 1.47 bits per heavy atom. The number of rotatable bonds is 3. The van der Waals surface area contributed by atoms with Crippen molar-refractivity contribution in [2.24, 2.45) is 5.41 Å². The summed E-state index contributed by atoms with van der Waals surface area (Å²) in [5.41, 5.74) is 5.27. The Morgan fingerprint density at radius 3 is 2.53 bits per heavy atom. The molecule has 0 aliphatic rings. The van der Waals surface area contributed by atoms with E-state index in [2.05, 4.69) is 9.97 Å². The van der Waals surface area contributed by atoms with Gasteiger partial charge in [-0.3, -0.25) is 10.1 Å². The van der Waals surface area contributed by atoms with Crippen LogP contribution in [0.3, 0.4) is 0 Å². The molecular formula is C10H17N5O2. The van der Waals surface area contributed by atoms with Gasteiger partial charge in [-0.25, -0.2) is 9.97 Å². The van der Waals surface area contributed by atoms with Crippen LogP contribution in [0.5, 0.6) is 0 Å². The van der Waals surface area contributed by atoms with Crippen molar-refractivity contribution in [1.82, 2.24) is 9.97 Å². The van der Waals surface area contributed by atoms with Crippen molar-refractivity contribution in [2.75, 3.05) is 24.2 Å². The van der Waals surface area contributed by atoms with Crippen molar-refractivity contribution >= 4 is 17.3 Å². The van der Waals surface area contributed by atoms with Gasteiger partial charge in [0.2, 0.25) is 11.6 Å². The van der Waals surface area contributed by atoms with Crippen LogP contribution in [-0.4, -0.2) is 28.5 Å². The SMILES string of the molecule is CN(CC(C)(C)C)c1ncnc(N)c1[N+](=O)[O-]. The number of nitrogens with two attached hydrogens (primary N) is 1. The minimum atomic E-state index is -0.552. The first-order valence-corrected chi connectivity index (χ1v) is 5.18. The first-order valence-electron chi connectivity index (χ1n) is 5.18. The number of nitrogen functional groups attached to an aromatic ring is 1. The van der Waals surface area contributed by atoms with Gasteiger partial charge in [-0.15, -0.1) is 0 Å². The molecule has 0 aliphatic heterocycles. The molecule has 0 fully saturated rings. The van der Waals surface area contributed by atoms with Crippen LogP contribution in [0.25, 0.3) is 0 Å². The van der Waals surface area contributed by atoms with Gasteiger partial charge in [0.25, 0.3) is 0 Å². The number of anilines is 2. The Morgan fingerprint density at radius 2 is 2.06 bits per heavy atom. The minimum absolute atomic E-state index is 0.00231. The Hall–Kier alpha value is -1.92. The Balaban J connectivity index is 3.13. The van der Waals surface area contributed by atoms with E-state index in [0.29, 0.717) is 6.54 Å². The van der Waals surface area contributed by atoms with Gasteiger partial charge in [-0.2, -0.15) is 0 Å². The standard InChI is InChI=1S/C10H17N5O2/c1-10(2,3)5-14(4)9-7(15(16)17)8(11)12-6-13-9/h6H,5H2,1-4H3,(H2,11,12,13). The third-order valence-electron chi connectivity index (χ3n) is 2.09. The summed E-state index contributed by atoms with van der Waals surface area (Å²) in [6.07, 6.45) is 1.23. The smallest absolute Gasteiger partial charge is 0.353 e. The molecule has 0 bridgehead atoms. The molecule has 1 aromatic heterocycles. The first kappa shape index (κ1) is 13.1. The molecule has 0 radical (unpaired) electrons. The second kappa shape index (κ2) is 4.52. The van der Waals surface area contributed by atoms with E-state index in [9.17, 15) is 10.1 Å². The van der Waals surface area contributed by atoms with E-state index < -0.39 is 4.92 Å². The van der Waals surface area contributed by atoms with E-state index in [-0.39, 0.29) is 22.7 Å². The number of nitrogens with zero attached hydrogens (tertiary/aromatic N) is 4. The summed E-state index contributed by atoms with van der Waals surface area (Å²) in [6, 6.07) is 0. The average molecular weight is 239 g/mol. The maximum Gasteiger partial charge on any atom is 0.353 e. The summed E-state index contributed by atoms with van der Waals surface area (Å²) in [4.78, 5) is 19.7. The lowest BCUT2D eigenvalue weighted by Crippen LogP contribution is -2.30. The summed E-state index contributed by atoms with van der Waals surface area (Å²) in [7, 11) is 1.75. The van der Waals surface area contributed by atoms with Crippen molar-refractivity contribution in [1.29, 1.82) is 0 Å². The Kier molecular flexibility index (Phi) is 3.50. The monoisotopic (exact) mass is 239 g/mol. The van der Waals surface area contributed by atoms with Gasteiger partial charge in [-0.05, 0) is 5.41 Å². The summed E-state index contributed by atoms with van der Waals surface area (Å²) >= 11 is 0. The molecular weight excluding hydrogens is 222 g/mol. The molecule has 0 aromatic carbocycles. The third-order valence-corrected chi connectivity index (χ3v) is 2.09. The molecule has 17 heavy (non-hydrogen) atoms. The minimum Gasteiger partial charge on any atom is -0.378 e. The Bertz CT molecular complexity index is 427. The second-order valence-electron chi connectivity index (χ2n) is 5.10. The molecule has 94 valence electrons. The molecule has 7 heteroatoms. The van der Waals surface area contributed by atoms with E-state index >= 15 is 0 Å². The molecule has 2 N–H and O–H groups in total. The highest BCUT2D eigenvalue weighted by Crippen LogP contribution is 2.30. The van der Waals surface area contributed by atoms with Crippen LogP contribution in [0.1, 0.15) is 20.8 Å².